The average molecular weight is 454 g/mol. The van der Waals surface area contributed by atoms with Crippen LogP contribution in [0.1, 0.15) is 29.2 Å². The second-order valence-electron chi connectivity index (χ2n) is 7.96. The molecule has 0 aliphatic rings. The van der Waals surface area contributed by atoms with Gasteiger partial charge in [0, 0.05) is 11.8 Å². The van der Waals surface area contributed by atoms with Crippen LogP contribution in [0.25, 0.3) is 10.8 Å². The van der Waals surface area contributed by atoms with Gasteiger partial charge in [0.15, 0.2) is 6.61 Å². The van der Waals surface area contributed by atoms with Crippen molar-refractivity contribution in [3.8, 4) is 5.75 Å². The highest BCUT2D eigenvalue weighted by Crippen LogP contribution is 2.29. The minimum Gasteiger partial charge on any atom is -0.481 e. The molecule has 0 aliphatic heterocycles. The van der Waals surface area contributed by atoms with Crippen molar-refractivity contribution >= 4 is 22.6 Å². The number of fused-ring (bicyclic) bond motifs is 1. The van der Waals surface area contributed by atoms with E-state index in [-0.39, 0.29) is 18.6 Å². The molecule has 4 aromatic rings. The van der Waals surface area contributed by atoms with E-state index in [1.807, 2.05) is 97.1 Å². The summed E-state index contributed by atoms with van der Waals surface area (Å²) in [5, 5.41) is 5.10. The van der Waals surface area contributed by atoms with Crippen LogP contribution in [0.4, 0.5) is 0 Å². The molecule has 0 saturated heterocycles. The molecule has 5 nitrogen and oxygen atoms in total. The van der Waals surface area contributed by atoms with E-state index in [9.17, 15) is 9.59 Å². The number of amides is 1. The molecule has 0 radical (unpaired) electrons. The molecule has 1 N–H and O–H groups in total. The summed E-state index contributed by atoms with van der Waals surface area (Å²) in [4.78, 5) is 24.5. The average Bonchev–Trinajstić information content (AvgIpc) is 2.90. The minimum atomic E-state index is -0.434. The van der Waals surface area contributed by atoms with E-state index in [4.69, 9.17) is 4.74 Å². The van der Waals surface area contributed by atoms with Gasteiger partial charge >= 0.3 is 5.97 Å². The second kappa shape index (κ2) is 11.1. The first-order valence-corrected chi connectivity index (χ1v) is 11.2. The lowest BCUT2D eigenvalue weighted by Crippen LogP contribution is -2.29. The molecule has 4 rings (SSSR count). The third-order valence-corrected chi connectivity index (χ3v) is 5.74. The minimum absolute atomic E-state index is 0.0206. The Labute approximate surface area is 199 Å². The van der Waals surface area contributed by atoms with Gasteiger partial charge in [-0.3, -0.25) is 4.79 Å². The number of methoxy groups -OCH3 is 1. The molecule has 5 heteroatoms. The number of benzene rings is 4. The summed E-state index contributed by atoms with van der Waals surface area (Å²) in [5.74, 6) is 0.159. The van der Waals surface area contributed by atoms with Crippen LogP contribution in [0.2, 0.25) is 0 Å². The van der Waals surface area contributed by atoms with E-state index in [0.717, 1.165) is 27.5 Å². The molecule has 0 atom stereocenters. The van der Waals surface area contributed by atoms with Gasteiger partial charge < -0.3 is 14.8 Å². The largest absolute Gasteiger partial charge is 0.481 e. The predicted molar refractivity (Wildman–Crippen MR) is 133 cm³/mol. The van der Waals surface area contributed by atoms with Gasteiger partial charge in [0.05, 0.1) is 13.2 Å². The molecule has 0 heterocycles. The van der Waals surface area contributed by atoms with E-state index in [0.29, 0.717) is 18.6 Å². The number of esters is 1. The molecule has 0 spiro atoms. The number of nitrogens with one attached hydrogen (secondary N) is 1. The Bertz CT molecular complexity index is 1220. The van der Waals surface area contributed by atoms with Crippen LogP contribution in [0.15, 0.2) is 97.1 Å². The van der Waals surface area contributed by atoms with Crippen molar-refractivity contribution in [2.45, 2.75) is 18.9 Å². The number of rotatable bonds is 9. The van der Waals surface area contributed by atoms with Gasteiger partial charge in [-0.2, -0.15) is 0 Å². The van der Waals surface area contributed by atoms with Crippen LogP contribution >= 0.6 is 0 Å². The maximum Gasteiger partial charge on any atom is 0.343 e. The first kappa shape index (κ1) is 23.1. The lowest BCUT2D eigenvalue weighted by atomic mass is 9.97. The van der Waals surface area contributed by atoms with E-state index >= 15 is 0 Å². The van der Waals surface area contributed by atoms with Gasteiger partial charge in [-0.05, 0) is 34.6 Å². The zero-order valence-electron chi connectivity index (χ0n) is 19.1. The van der Waals surface area contributed by atoms with E-state index in [1.54, 1.807) is 0 Å². The Morgan fingerprint density at radius 3 is 2.03 bits per heavy atom. The number of hydrogen-bond donors (Lipinski definition) is 1. The van der Waals surface area contributed by atoms with Crippen molar-refractivity contribution in [3.63, 3.8) is 0 Å². The third kappa shape index (κ3) is 5.62. The molecule has 1 amide bonds. The molecule has 0 unspecified atom stereocenters. The molecule has 4 aromatic carbocycles. The molecule has 172 valence electrons. The number of ether oxygens (including phenoxy) is 2. The Hall–Kier alpha value is -4.12. The van der Waals surface area contributed by atoms with Gasteiger partial charge in [-0.25, -0.2) is 4.79 Å². The summed E-state index contributed by atoms with van der Waals surface area (Å²) >= 11 is 0. The Morgan fingerprint density at radius 2 is 1.38 bits per heavy atom. The van der Waals surface area contributed by atoms with Crippen LogP contribution in [-0.4, -0.2) is 25.6 Å². The quantitative estimate of drug-likeness (QED) is 0.353. The highest BCUT2D eigenvalue weighted by Gasteiger charge is 2.17. The highest BCUT2D eigenvalue weighted by atomic mass is 16.6. The van der Waals surface area contributed by atoms with Crippen LogP contribution in [0, 0.1) is 0 Å². The van der Waals surface area contributed by atoms with Gasteiger partial charge in [-0.1, -0.05) is 91.0 Å². The molecule has 0 aromatic heterocycles. The number of hydrogen-bond acceptors (Lipinski definition) is 4. The number of carbonyl (C=O) groups excluding carboxylic acids is 2. The summed E-state index contributed by atoms with van der Waals surface area (Å²) in [7, 11) is 1.33. The first-order chi connectivity index (χ1) is 16.7. The highest BCUT2D eigenvalue weighted by molar-refractivity contribution is 5.91. The standard InChI is InChI=1S/C29H27NO4/c1-33-28(32)20-34-26-17-9-15-24-21(14-8-16-25(24)26)18-19-27(31)30-29(22-10-4-2-5-11-22)23-12-6-3-7-13-23/h2-17,29H,18-20H2,1H3,(H,30,31). The Kier molecular flexibility index (Phi) is 7.56. The van der Waals surface area contributed by atoms with Crippen LogP contribution in [0.5, 0.6) is 5.75 Å². The normalized spacial score (nSPS) is 10.8. The molecule has 34 heavy (non-hydrogen) atoms. The number of aryl methyl sites for hydroxylation is 1. The van der Waals surface area contributed by atoms with Crippen molar-refractivity contribution in [1.29, 1.82) is 0 Å². The summed E-state index contributed by atoms with van der Waals surface area (Å²) in [5.41, 5.74) is 3.13. The molecule has 0 aliphatic carbocycles. The fourth-order valence-electron chi connectivity index (χ4n) is 4.02. The maximum absolute atomic E-state index is 13.0. The Morgan fingerprint density at radius 1 is 0.765 bits per heavy atom. The van der Waals surface area contributed by atoms with Gasteiger partial charge in [0.2, 0.25) is 5.91 Å². The monoisotopic (exact) mass is 453 g/mol. The maximum atomic E-state index is 13.0. The van der Waals surface area contributed by atoms with Crippen LogP contribution < -0.4 is 10.1 Å². The van der Waals surface area contributed by atoms with Crippen molar-refractivity contribution < 1.29 is 19.1 Å². The SMILES string of the molecule is COC(=O)COc1cccc2c(CCC(=O)NC(c3ccccc3)c3ccccc3)cccc12. The predicted octanol–water partition coefficient (Wildman–Crippen LogP) is 5.23. The van der Waals surface area contributed by atoms with E-state index < -0.39 is 5.97 Å². The number of carbonyl (C=O) groups is 2. The lowest BCUT2D eigenvalue weighted by molar-refractivity contribution is -0.142. The fraction of sp³-hybridized carbons (Fsp3) is 0.172. The zero-order valence-corrected chi connectivity index (χ0v) is 19.1. The van der Waals surface area contributed by atoms with Crippen molar-refractivity contribution in [1.82, 2.24) is 5.32 Å². The van der Waals surface area contributed by atoms with E-state index in [2.05, 4.69) is 10.1 Å². The van der Waals surface area contributed by atoms with Crippen molar-refractivity contribution in [2.75, 3.05) is 13.7 Å². The topological polar surface area (TPSA) is 64.6 Å². The summed E-state index contributed by atoms with van der Waals surface area (Å²) < 4.78 is 10.3. The Balaban J connectivity index is 1.49. The molecule has 0 fully saturated rings. The molecular weight excluding hydrogens is 426 g/mol. The smallest absolute Gasteiger partial charge is 0.343 e. The fourth-order valence-corrected chi connectivity index (χ4v) is 4.02. The van der Waals surface area contributed by atoms with Gasteiger partial charge in [0.25, 0.3) is 0 Å². The van der Waals surface area contributed by atoms with Crippen molar-refractivity contribution in [2.24, 2.45) is 0 Å². The zero-order chi connectivity index (χ0) is 23.8. The lowest BCUT2D eigenvalue weighted by Gasteiger charge is -2.20. The summed E-state index contributed by atoms with van der Waals surface area (Å²) in [6.07, 6.45) is 0.933. The van der Waals surface area contributed by atoms with Crippen LogP contribution in [-0.2, 0) is 20.7 Å². The molecule has 0 saturated carbocycles. The third-order valence-electron chi connectivity index (χ3n) is 5.74. The van der Waals surface area contributed by atoms with Crippen LogP contribution in [0.3, 0.4) is 0 Å². The van der Waals surface area contributed by atoms with E-state index in [1.165, 1.54) is 7.11 Å². The second-order valence-corrected chi connectivity index (χ2v) is 7.96. The summed E-state index contributed by atoms with van der Waals surface area (Å²) in [6.45, 7) is -0.150. The van der Waals surface area contributed by atoms with Crippen molar-refractivity contribution in [3.05, 3.63) is 114 Å². The van der Waals surface area contributed by atoms with Gasteiger partial charge in [-0.15, -0.1) is 0 Å². The molecular formula is C29H27NO4. The molecule has 0 bridgehead atoms. The summed E-state index contributed by atoms with van der Waals surface area (Å²) in [6, 6.07) is 31.4. The van der Waals surface area contributed by atoms with Gasteiger partial charge in [0.1, 0.15) is 5.75 Å². The first-order valence-electron chi connectivity index (χ1n) is 11.2.